The van der Waals surface area contributed by atoms with E-state index in [1.807, 2.05) is 51.1 Å². The van der Waals surface area contributed by atoms with E-state index >= 15 is 0 Å². The predicted molar refractivity (Wildman–Crippen MR) is 149 cm³/mol. The van der Waals surface area contributed by atoms with Crippen molar-refractivity contribution in [3.05, 3.63) is 81.9 Å². The Labute approximate surface area is 227 Å². The fraction of sp³-hybridized carbons (Fsp3) is 0.355. The summed E-state index contributed by atoms with van der Waals surface area (Å²) in [6.45, 7) is 7.23. The molecule has 0 bridgehead atoms. The maximum Gasteiger partial charge on any atom is 0.426 e. The van der Waals surface area contributed by atoms with Gasteiger partial charge in [0.05, 0.1) is 5.54 Å². The minimum atomic E-state index is -1.22. The van der Waals surface area contributed by atoms with Crippen molar-refractivity contribution < 1.29 is 19.4 Å². The van der Waals surface area contributed by atoms with Crippen molar-refractivity contribution in [2.45, 2.75) is 57.5 Å². The number of carboxylic acid groups (broad SMARTS) is 1. The minimum absolute atomic E-state index is 0.339. The van der Waals surface area contributed by atoms with Crippen LogP contribution < -0.4 is 15.4 Å². The molecular formula is C31H32N4O4. The molecule has 8 nitrogen and oxygen atoms in total. The Balaban J connectivity index is 1.65. The van der Waals surface area contributed by atoms with Crippen LogP contribution in [0.15, 0.2) is 48.5 Å². The molecule has 0 fully saturated rings. The zero-order chi connectivity index (χ0) is 27.1. The molecule has 200 valence electrons. The van der Waals surface area contributed by atoms with Crippen LogP contribution in [0.1, 0.15) is 71.8 Å². The molecule has 0 aromatic heterocycles. The van der Waals surface area contributed by atoms with Gasteiger partial charge in [-0.2, -0.15) is 0 Å². The number of amides is 2. The first-order valence-corrected chi connectivity index (χ1v) is 13.7. The van der Waals surface area contributed by atoms with Crippen molar-refractivity contribution in [2.24, 2.45) is 0 Å². The number of carbonyl (C=O) groups is 2. The third-order valence-corrected chi connectivity index (χ3v) is 8.42. The fourth-order valence-corrected chi connectivity index (χ4v) is 6.91. The van der Waals surface area contributed by atoms with Crippen molar-refractivity contribution in [3.8, 4) is 11.5 Å². The molecule has 8 heteroatoms. The number of benzene rings is 3. The number of hydrazine groups is 1. The monoisotopic (exact) mass is 524 g/mol. The van der Waals surface area contributed by atoms with Crippen LogP contribution >= 0.6 is 0 Å². The Morgan fingerprint density at radius 2 is 1.46 bits per heavy atom. The third-order valence-electron chi connectivity index (χ3n) is 8.42. The Morgan fingerprint density at radius 3 is 2.00 bits per heavy atom. The van der Waals surface area contributed by atoms with Gasteiger partial charge in [-0.05, 0) is 64.7 Å². The molecule has 3 N–H and O–H groups in total. The van der Waals surface area contributed by atoms with Gasteiger partial charge in [0.25, 0.3) is 5.91 Å². The summed E-state index contributed by atoms with van der Waals surface area (Å²) in [6, 6.07) is 15.7. The number of nitrogens with zero attached hydrogens (tertiary/aromatic N) is 2. The van der Waals surface area contributed by atoms with E-state index in [-0.39, 0.29) is 5.91 Å². The maximum absolute atomic E-state index is 14.4. The second-order valence-electron chi connectivity index (χ2n) is 11.7. The molecule has 0 atom stereocenters. The van der Waals surface area contributed by atoms with Gasteiger partial charge in [0.1, 0.15) is 17.0 Å². The number of anilines is 2. The zero-order valence-corrected chi connectivity index (χ0v) is 22.4. The van der Waals surface area contributed by atoms with Gasteiger partial charge in [-0.15, -0.1) is 0 Å². The third kappa shape index (κ3) is 3.11. The molecule has 2 amide bonds. The summed E-state index contributed by atoms with van der Waals surface area (Å²) in [5.74, 6) is 1.10. The summed E-state index contributed by atoms with van der Waals surface area (Å²) < 4.78 is 6.90. The van der Waals surface area contributed by atoms with Gasteiger partial charge in [-0.1, -0.05) is 30.3 Å². The van der Waals surface area contributed by atoms with Gasteiger partial charge in [0.15, 0.2) is 0 Å². The first-order chi connectivity index (χ1) is 18.7. The second kappa shape index (κ2) is 8.15. The molecule has 7 rings (SSSR count). The highest BCUT2D eigenvalue weighted by atomic mass is 16.5. The Hall–Kier alpha value is -4.20. The molecule has 0 radical (unpaired) electrons. The zero-order valence-electron chi connectivity index (χ0n) is 22.4. The van der Waals surface area contributed by atoms with Gasteiger partial charge in [0.2, 0.25) is 0 Å². The molecule has 0 saturated heterocycles. The molecule has 0 aliphatic carbocycles. The number of rotatable bonds is 1. The van der Waals surface area contributed by atoms with E-state index in [4.69, 9.17) is 4.74 Å². The number of hydrogen-bond donors (Lipinski definition) is 3. The Kier molecular flexibility index (Phi) is 4.99. The normalized spacial score (nSPS) is 18.0. The maximum atomic E-state index is 14.4. The van der Waals surface area contributed by atoms with Crippen LogP contribution in [0.25, 0.3) is 0 Å². The number of fused-ring (bicyclic) bond motifs is 10. The fourth-order valence-electron chi connectivity index (χ4n) is 6.91. The van der Waals surface area contributed by atoms with Crippen molar-refractivity contribution >= 4 is 23.4 Å². The van der Waals surface area contributed by atoms with Crippen LogP contribution in [0.4, 0.5) is 16.2 Å². The molecule has 0 saturated carbocycles. The average molecular weight is 525 g/mol. The SMILES string of the molecule is CC(C)(C)N(C(=O)O)N1C(=O)c2ccccc2C12c1ccc3c(c1Oc1c2ccc2c1CCCN2)CCCN3. The molecule has 39 heavy (non-hydrogen) atoms. The predicted octanol–water partition coefficient (Wildman–Crippen LogP) is 5.95. The van der Waals surface area contributed by atoms with E-state index in [9.17, 15) is 14.7 Å². The van der Waals surface area contributed by atoms with Crippen LogP contribution in [0.5, 0.6) is 11.5 Å². The van der Waals surface area contributed by atoms with Gasteiger partial charge >= 0.3 is 6.09 Å². The highest BCUT2D eigenvalue weighted by Gasteiger charge is 2.61. The lowest BCUT2D eigenvalue weighted by Crippen LogP contribution is -2.63. The summed E-state index contributed by atoms with van der Waals surface area (Å²) in [5.41, 5.74) is 4.90. The van der Waals surface area contributed by atoms with Crippen LogP contribution in [0, 0.1) is 0 Å². The summed E-state index contributed by atoms with van der Waals surface area (Å²) in [4.78, 5) is 27.4. The van der Waals surface area contributed by atoms with Gasteiger partial charge in [-0.3, -0.25) is 4.79 Å². The molecule has 4 heterocycles. The van der Waals surface area contributed by atoms with Crippen molar-refractivity contribution in [1.29, 1.82) is 0 Å². The molecule has 3 aromatic rings. The summed E-state index contributed by atoms with van der Waals surface area (Å²) >= 11 is 0. The van der Waals surface area contributed by atoms with Crippen LogP contribution in [-0.4, -0.2) is 45.8 Å². The van der Waals surface area contributed by atoms with Crippen LogP contribution in [0.2, 0.25) is 0 Å². The highest BCUT2D eigenvalue weighted by Crippen LogP contribution is 2.61. The Morgan fingerprint density at radius 1 is 0.897 bits per heavy atom. The summed E-state index contributed by atoms with van der Waals surface area (Å²) in [7, 11) is 0. The molecule has 0 unspecified atom stereocenters. The summed E-state index contributed by atoms with van der Waals surface area (Å²) in [5, 5.41) is 20.4. The molecule has 1 spiro atoms. The topological polar surface area (TPSA) is 94.1 Å². The van der Waals surface area contributed by atoms with Gasteiger partial charge < -0.3 is 20.5 Å². The lowest BCUT2D eigenvalue weighted by Gasteiger charge is -2.51. The second-order valence-corrected chi connectivity index (χ2v) is 11.7. The highest BCUT2D eigenvalue weighted by molar-refractivity contribution is 6.03. The molecule has 4 aliphatic rings. The van der Waals surface area contributed by atoms with E-state index < -0.39 is 17.2 Å². The largest absolute Gasteiger partial charge is 0.464 e. The molecule has 4 aliphatic heterocycles. The van der Waals surface area contributed by atoms with E-state index in [1.54, 1.807) is 6.07 Å². The number of nitrogens with one attached hydrogen (secondary N) is 2. The quantitative estimate of drug-likeness (QED) is 0.364. The first-order valence-electron chi connectivity index (χ1n) is 13.7. The molecule has 3 aromatic carbocycles. The van der Waals surface area contributed by atoms with Crippen molar-refractivity contribution in [1.82, 2.24) is 10.0 Å². The lowest BCUT2D eigenvalue weighted by molar-refractivity contribution is -0.0783. The van der Waals surface area contributed by atoms with E-state index in [0.29, 0.717) is 5.56 Å². The number of ether oxygens (including phenoxy) is 1. The van der Waals surface area contributed by atoms with Crippen LogP contribution in [0.3, 0.4) is 0 Å². The standard InChI is InChI=1S/C31H32N4O4/c1-30(2,3)35(29(37)38)34-28(36)18-8-4-5-11-21(18)31(34)22-12-14-24-19(9-6-16-32-24)26(22)39-27-20-10-7-17-33-25(20)15-13-23(27)31/h4-5,8,11-15,32-33H,6-7,9-10,16-17H2,1-3H3,(H,37,38). The van der Waals surface area contributed by atoms with Crippen LogP contribution in [-0.2, 0) is 18.4 Å². The van der Waals surface area contributed by atoms with E-state index in [2.05, 4.69) is 22.8 Å². The van der Waals surface area contributed by atoms with Crippen molar-refractivity contribution in [2.75, 3.05) is 23.7 Å². The Bertz CT molecular complexity index is 1490. The average Bonchev–Trinajstić information content (AvgIpc) is 3.16. The van der Waals surface area contributed by atoms with Gasteiger partial charge in [0, 0.05) is 57.8 Å². The first kappa shape index (κ1) is 23.9. The lowest BCUT2D eigenvalue weighted by atomic mass is 9.73. The minimum Gasteiger partial charge on any atom is -0.464 e. The smallest absolute Gasteiger partial charge is 0.426 e. The van der Waals surface area contributed by atoms with E-state index in [0.717, 1.165) is 89.5 Å². The molecular weight excluding hydrogens is 492 g/mol. The van der Waals surface area contributed by atoms with Gasteiger partial charge in [-0.25, -0.2) is 14.8 Å². The number of carbonyl (C=O) groups excluding carboxylic acids is 1. The van der Waals surface area contributed by atoms with E-state index in [1.165, 1.54) is 10.0 Å². The summed E-state index contributed by atoms with van der Waals surface area (Å²) in [6.07, 6.45) is 2.41. The van der Waals surface area contributed by atoms with Crippen molar-refractivity contribution in [3.63, 3.8) is 0 Å². The number of hydrogen-bond acceptors (Lipinski definition) is 5.